The Bertz CT molecular complexity index is 1460. The van der Waals surface area contributed by atoms with Gasteiger partial charge < -0.3 is 19.5 Å². The van der Waals surface area contributed by atoms with Crippen LogP contribution in [0.2, 0.25) is 0 Å². The topological polar surface area (TPSA) is 141 Å². The van der Waals surface area contributed by atoms with E-state index in [1.54, 1.807) is 50.2 Å². The number of carbonyl (C=O) groups is 2. The zero-order valence-electron chi connectivity index (χ0n) is 20.6. The van der Waals surface area contributed by atoms with Gasteiger partial charge in [-0.05, 0) is 96.1 Å². The Kier molecular flexibility index (Phi) is 9.39. The summed E-state index contributed by atoms with van der Waals surface area (Å²) in [6.07, 6.45) is 1.31. The van der Waals surface area contributed by atoms with Crippen molar-refractivity contribution in [2.45, 2.75) is 13.8 Å². The van der Waals surface area contributed by atoms with E-state index in [0.717, 1.165) is 0 Å². The van der Waals surface area contributed by atoms with Crippen molar-refractivity contribution in [2.75, 3.05) is 19.0 Å². The Morgan fingerprint density at radius 2 is 1.87 bits per heavy atom. The van der Waals surface area contributed by atoms with Crippen LogP contribution in [-0.4, -0.2) is 30.5 Å². The van der Waals surface area contributed by atoms with Crippen LogP contribution < -0.4 is 19.5 Å². The van der Waals surface area contributed by atoms with E-state index < -0.39 is 16.8 Å². The SMILES string of the molecule is CCOc1cc(/C=C(\C#N)C(=O)Nc2ccc(C)cc2[N+](=O)[O-])cc(I)c1OC(=O)c1ccc(OC)cc1. The van der Waals surface area contributed by atoms with Crippen molar-refractivity contribution in [3.63, 3.8) is 0 Å². The lowest BCUT2D eigenvalue weighted by Crippen LogP contribution is -2.14. The number of hydrogen-bond donors (Lipinski definition) is 1. The normalized spacial score (nSPS) is 10.8. The monoisotopic (exact) mass is 627 g/mol. The minimum Gasteiger partial charge on any atom is -0.497 e. The maximum absolute atomic E-state index is 12.8. The molecular formula is C27H22IN3O7. The van der Waals surface area contributed by atoms with Crippen LogP contribution in [0.4, 0.5) is 11.4 Å². The Hall–Kier alpha value is -4.44. The summed E-state index contributed by atoms with van der Waals surface area (Å²) in [4.78, 5) is 36.3. The number of rotatable bonds is 9. The first kappa shape index (κ1) is 28.1. The number of halogens is 1. The van der Waals surface area contributed by atoms with Gasteiger partial charge in [-0.25, -0.2) is 4.79 Å². The number of nitro groups is 1. The van der Waals surface area contributed by atoms with Crippen molar-refractivity contribution < 1.29 is 28.7 Å². The maximum Gasteiger partial charge on any atom is 0.343 e. The minimum atomic E-state index is -0.817. The number of amides is 1. The summed E-state index contributed by atoms with van der Waals surface area (Å²) in [6.45, 7) is 3.71. The molecule has 11 heteroatoms. The van der Waals surface area contributed by atoms with Crippen LogP contribution in [0, 0.1) is 31.9 Å². The van der Waals surface area contributed by atoms with E-state index in [4.69, 9.17) is 14.2 Å². The van der Waals surface area contributed by atoms with Gasteiger partial charge in [0.25, 0.3) is 11.6 Å². The van der Waals surface area contributed by atoms with Gasteiger partial charge in [0.15, 0.2) is 11.5 Å². The molecule has 38 heavy (non-hydrogen) atoms. The zero-order chi connectivity index (χ0) is 27.8. The first-order valence-electron chi connectivity index (χ1n) is 11.2. The minimum absolute atomic E-state index is 0.0304. The van der Waals surface area contributed by atoms with Crippen molar-refractivity contribution in [3.8, 4) is 23.3 Å². The number of nitrogens with one attached hydrogen (secondary N) is 1. The fourth-order valence-electron chi connectivity index (χ4n) is 3.32. The first-order valence-corrected chi connectivity index (χ1v) is 12.3. The van der Waals surface area contributed by atoms with E-state index in [9.17, 15) is 25.0 Å². The Morgan fingerprint density at radius 1 is 1.16 bits per heavy atom. The van der Waals surface area contributed by atoms with Crippen molar-refractivity contribution >= 4 is 51.9 Å². The molecule has 3 aromatic carbocycles. The van der Waals surface area contributed by atoms with E-state index in [0.29, 0.717) is 26.0 Å². The second kappa shape index (κ2) is 12.7. The fraction of sp³-hybridized carbons (Fsp3) is 0.148. The number of esters is 1. The van der Waals surface area contributed by atoms with Gasteiger partial charge in [-0.3, -0.25) is 14.9 Å². The summed E-state index contributed by atoms with van der Waals surface area (Å²) < 4.78 is 16.9. The van der Waals surface area contributed by atoms with E-state index in [-0.39, 0.29) is 35.1 Å². The molecule has 1 amide bonds. The van der Waals surface area contributed by atoms with Gasteiger partial charge in [-0.2, -0.15) is 5.26 Å². The average Bonchev–Trinajstić information content (AvgIpc) is 2.90. The van der Waals surface area contributed by atoms with Gasteiger partial charge in [0.2, 0.25) is 0 Å². The standard InChI is InChI=1S/C27H22IN3O7/c1-4-37-24-14-17(13-21(28)25(24)38-27(33)18-6-8-20(36-3)9-7-18)12-19(15-29)26(32)30-22-10-5-16(2)11-23(22)31(34)35/h5-14H,4H2,1-3H3,(H,30,32)/b19-12+. The van der Waals surface area contributed by atoms with Crippen molar-refractivity contribution in [1.82, 2.24) is 0 Å². The molecule has 0 bridgehead atoms. The highest BCUT2D eigenvalue weighted by Crippen LogP contribution is 2.36. The second-order valence-corrected chi connectivity index (χ2v) is 8.94. The molecule has 0 aliphatic carbocycles. The molecule has 0 aliphatic heterocycles. The summed E-state index contributed by atoms with van der Waals surface area (Å²) >= 11 is 1.96. The smallest absolute Gasteiger partial charge is 0.343 e. The van der Waals surface area contributed by atoms with E-state index in [1.807, 2.05) is 28.7 Å². The lowest BCUT2D eigenvalue weighted by Gasteiger charge is -2.14. The zero-order valence-corrected chi connectivity index (χ0v) is 22.8. The number of anilines is 1. The van der Waals surface area contributed by atoms with Crippen molar-refractivity contribution in [1.29, 1.82) is 5.26 Å². The highest BCUT2D eigenvalue weighted by Gasteiger charge is 2.20. The van der Waals surface area contributed by atoms with Crippen molar-refractivity contribution in [2.24, 2.45) is 0 Å². The molecule has 0 saturated heterocycles. The van der Waals surface area contributed by atoms with E-state index >= 15 is 0 Å². The van der Waals surface area contributed by atoms with Crippen LogP contribution >= 0.6 is 22.6 Å². The fourth-order valence-corrected chi connectivity index (χ4v) is 4.05. The van der Waals surface area contributed by atoms with E-state index in [2.05, 4.69) is 5.32 Å². The summed E-state index contributed by atoms with van der Waals surface area (Å²) in [5, 5.41) is 23.4. The second-order valence-electron chi connectivity index (χ2n) is 7.78. The van der Waals surface area contributed by atoms with Crippen molar-refractivity contribution in [3.05, 3.63) is 90.5 Å². The molecular weight excluding hydrogens is 605 g/mol. The predicted octanol–water partition coefficient (Wildman–Crippen LogP) is 5.68. The highest BCUT2D eigenvalue weighted by atomic mass is 127. The van der Waals surface area contributed by atoms with Crippen LogP contribution in [0.3, 0.4) is 0 Å². The summed E-state index contributed by atoms with van der Waals surface area (Å²) in [7, 11) is 1.52. The molecule has 0 radical (unpaired) electrons. The third-order valence-corrected chi connectivity index (χ3v) is 5.93. The molecule has 3 rings (SSSR count). The lowest BCUT2D eigenvalue weighted by molar-refractivity contribution is -0.384. The van der Waals surface area contributed by atoms with Gasteiger partial charge in [0.05, 0.1) is 27.8 Å². The maximum atomic E-state index is 12.8. The molecule has 0 aromatic heterocycles. The Morgan fingerprint density at radius 3 is 2.47 bits per heavy atom. The summed E-state index contributed by atoms with van der Waals surface area (Å²) in [5.41, 5.74) is 0.774. The Balaban J connectivity index is 1.90. The van der Waals surface area contributed by atoms with Gasteiger partial charge in [-0.1, -0.05) is 6.07 Å². The van der Waals surface area contributed by atoms with Crippen LogP contribution in [-0.2, 0) is 4.79 Å². The van der Waals surface area contributed by atoms with Crippen LogP contribution in [0.1, 0.15) is 28.4 Å². The third-order valence-electron chi connectivity index (χ3n) is 5.13. The van der Waals surface area contributed by atoms with E-state index in [1.165, 1.54) is 31.4 Å². The molecule has 3 aromatic rings. The number of aryl methyl sites for hydroxylation is 1. The van der Waals surface area contributed by atoms with Gasteiger partial charge >= 0.3 is 5.97 Å². The molecule has 0 heterocycles. The van der Waals surface area contributed by atoms with Gasteiger partial charge in [-0.15, -0.1) is 0 Å². The molecule has 0 spiro atoms. The Labute approximate surface area is 232 Å². The summed E-state index contributed by atoms with van der Waals surface area (Å²) in [5.74, 6) is -0.409. The highest BCUT2D eigenvalue weighted by molar-refractivity contribution is 14.1. The van der Waals surface area contributed by atoms with Crippen LogP contribution in [0.5, 0.6) is 17.2 Å². The number of hydrogen-bond acceptors (Lipinski definition) is 8. The van der Waals surface area contributed by atoms with Gasteiger partial charge in [0.1, 0.15) is 23.1 Å². The number of benzene rings is 3. The third kappa shape index (κ3) is 6.86. The average molecular weight is 627 g/mol. The predicted molar refractivity (Wildman–Crippen MR) is 148 cm³/mol. The first-order chi connectivity index (χ1) is 18.2. The molecule has 0 saturated carbocycles. The number of nitrogens with zero attached hydrogens (tertiary/aromatic N) is 2. The number of nitriles is 1. The molecule has 194 valence electrons. The quantitative estimate of drug-likeness (QED) is 0.0608. The van der Waals surface area contributed by atoms with Gasteiger partial charge in [0, 0.05) is 6.07 Å². The summed E-state index contributed by atoms with van der Waals surface area (Å²) in [6, 6.07) is 15.7. The largest absolute Gasteiger partial charge is 0.497 e. The number of methoxy groups -OCH3 is 1. The molecule has 0 fully saturated rings. The lowest BCUT2D eigenvalue weighted by atomic mass is 10.1. The number of carbonyl (C=O) groups excluding carboxylic acids is 2. The number of nitro benzene ring substituents is 1. The molecule has 0 aliphatic rings. The molecule has 1 N–H and O–H groups in total. The van der Waals surface area contributed by atoms with Crippen LogP contribution in [0.25, 0.3) is 6.08 Å². The molecule has 0 unspecified atom stereocenters. The molecule has 10 nitrogen and oxygen atoms in total. The van der Waals surface area contributed by atoms with Crippen LogP contribution in [0.15, 0.2) is 60.2 Å². The number of ether oxygens (including phenoxy) is 3. The molecule has 0 atom stereocenters.